The van der Waals surface area contributed by atoms with Crippen LogP contribution >= 0.6 is 0 Å². The zero-order valence-electron chi connectivity index (χ0n) is 12.4. The second kappa shape index (κ2) is 6.72. The van der Waals surface area contributed by atoms with Crippen molar-refractivity contribution in [1.82, 2.24) is 5.32 Å². The lowest BCUT2D eigenvalue weighted by molar-refractivity contribution is 0.222. The van der Waals surface area contributed by atoms with Gasteiger partial charge in [0.25, 0.3) is 0 Å². The first-order valence-corrected chi connectivity index (χ1v) is 9.53. The van der Waals surface area contributed by atoms with Gasteiger partial charge in [-0.25, -0.2) is 8.42 Å². The SMILES string of the molecule is CCC(NCc1cccc(CS(C)(=O)=O)c1)C1CCC1. The molecule has 0 spiro atoms. The van der Waals surface area contributed by atoms with Crippen LogP contribution in [0.2, 0.25) is 0 Å². The molecule has 1 N–H and O–H groups in total. The first-order valence-electron chi connectivity index (χ1n) is 7.47. The van der Waals surface area contributed by atoms with Crippen LogP contribution in [0.3, 0.4) is 0 Å². The Morgan fingerprint density at radius 3 is 2.55 bits per heavy atom. The van der Waals surface area contributed by atoms with Gasteiger partial charge in [-0.05, 0) is 36.3 Å². The first-order chi connectivity index (χ1) is 9.48. The van der Waals surface area contributed by atoms with E-state index >= 15 is 0 Å². The van der Waals surface area contributed by atoms with Gasteiger partial charge in [0.2, 0.25) is 0 Å². The Kier molecular flexibility index (Phi) is 5.22. The summed E-state index contributed by atoms with van der Waals surface area (Å²) in [5.74, 6) is 0.958. The van der Waals surface area contributed by atoms with Crippen molar-refractivity contribution < 1.29 is 8.42 Å². The minimum absolute atomic E-state index is 0.126. The van der Waals surface area contributed by atoms with Gasteiger partial charge >= 0.3 is 0 Å². The Bertz CT molecular complexity index is 535. The van der Waals surface area contributed by atoms with Crippen molar-refractivity contribution in [3.63, 3.8) is 0 Å². The minimum atomic E-state index is -2.96. The van der Waals surface area contributed by atoms with E-state index in [1.54, 1.807) is 0 Å². The molecule has 1 aromatic carbocycles. The normalized spacial score (nSPS) is 17.7. The van der Waals surface area contributed by atoms with Gasteiger partial charge in [-0.15, -0.1) is 0 Å². The molecule has 0 heterocycles. The van der Waals surface area contributed by atoms with E-state index in [0.717, 1.165) is 24.4 Å². The average Bonchev–Trinajstić information content (AvgIpc) is 2.30. The molecule has 0 amide bonds. The van der Waals surface area contributed by atoms with Crippen LogP contribution in [0.5, 0.6) is 0 Å². The van der Waals surface area contributed by atoms with Crippen LogP contribution in [0.4, 0.5) is 0 Å². The molecule has 112 valence electrons. The fraction of sp³-hybridized carbons (Fsp3) is 0.625. The van der Waals surface area contributed by atoms with Gasteiger partial charge in [0.15, 0.2) is 9.84 Å². The second-order valence-corrected chi connectivity index (χ2v) is 8.12. The third kappa shape index (κ3) is 4.60. The molecule has 0 saturated heterocycles. The summed E-state index contributed by atoms with van der Waals surface area (Å²) in [6.07, 6.45) is 6.50. The molecule has 0 aromatic heterocycles. The smallest absolute Gasteiger partial charge is 0.151 e. The van der Waals surface area contributed by atoms with Crippen LogP contribution in [-0.2, 0) is 22.1 Å². The Morgan fingerprint density at radius 1 is 1.30 bits per heavy atom. The molecular weight excluding hydrogens is 270 g/mol. The summed E-state index contributed by atoms with van der Waals surface area (Å²) in [5, 5.41) is 3.63. The van der Waals surface area contributed by atoms with Crippen molar-refractivity contribution in [2.24, 2.45) is 5.92 Å². The molecule has 3 nitrogen and oxygen atoms in total. The Morgan fingerprint density at radius 2 is 2.00 bits per heavy atom. The lowest BCUT2D eigenvalue weighted by Crippen LogP contribution is -2.38. The number of sulfone groups is 1. The van der Waals surface area contributed by atoms with Crippen molar-refractivity contribution in [1.29, 1.82) is 0 Å². The van der Waals surface area contributed by atoms with Gasteiger partial charge in [0.05, 0.1) is 5.75 Å². The zero-order valence-corrected chi connectivity index (χ0v) is 13.2. The van der Waals surface area contributed by atoms with Gasteiger partial charge in [-0.3, -0.25) is 0 Å². The molecule has 1 aliphatic carbocycles. The molecule has 1 fully saturated rings. The number of rotatable bonds is 7. The van der Waals surface area contributed by atoms with Gasteiger partial charge in [0, 0.05) is 18.8 Å². The number of nitrogens with one attached hydrogen (secondary N) is 1. The Balaban J connectivity index is 1.93. The van der Waals surface area contributed by atoms with Crippen molar-refractivity contribution in [3.05, 3.63) is 35.4 Å². The van der Waals surface area contributed by atoms with Crippen LogP contribution in [0, 0.1) is 5.92 Å². The fourth-order valence-corrected chi connectivity index (χ4v) is 3.65. The van der Waals surface area contributed by atoms with E-state index in [-0.39, 0.29) is 5.75 Å². The summed E-state index contributed by atoms with van der Waals surface area (Å²) in [6, 6.07) is 8.49. The maximum atomic E-state index is 11.3. The monoisotopic (exact) mass is 295 g/mol. The van der Waals surface area contributed by atoms with Crippen LogP contribution in [0.1, 0.15) is 43.7 Å². The highest BCUT2D eigenvalue weighted by atomic mass is 32.2. The summed E-state index contributed by atoms with van der Waals surface area (Å²) in [6.45, 7) is 3.06. The highest BCUT2D eigenvalue weighted by Gasteiger charge is 2.25. The molecule has 1 aliphatic rings. The van der Waals surface area contributed by atoms with Crippen molar-refractivity contribution in [2.45, 2.75) is 50.9 Å². The third-order valence-corrected chi connectivity index (χ3v) is 5.01. The average molecular weight is 295 g/mol. The predicted octanol–water partition coefficient (Wildman–Crippen LogP) is 2.90. The maximum Gasteiger partial charge on any atom is 0.151 e. The molecular formula is C16H25NO2S. The molecule has 0 radical (unpaired) electrons. The Hall–Kier alpha value is -0.870. The number of benzene rings is 1. The first kappa shape index (κ1) is 15.5. The molecule has 0 aliphatic heterocycles. The van der Waals surface area contributed by atoms with E-state index in [2.05, 4.69) is 18.3 Å². The molecule has 1 atom stereocenters. The highest BCUT2D eigenvalue weighted by molar-refractivity contribution is 7.89. The summed E-state index contributed by atoms with van der Waals surface area (Å²) in [7, 11) is -2.96. The third-order valence-electron chi connectivity index (χ3n) is 4.15. The maximum absolute atomic E-state index is 11.3. The van der Waals surface area contributed by atoms with Gasteiger partial charge in [-0.1, -0.05) is 37.6 Å². The molecule has 1 aromatic rings. The topological polar surface area (TPSA) is 46.2 Å². The molecule has 4 heteroatoms. The molecule has 20 heavy (non-hydrogen) atoms. The predicted molar refractivity (Wildman–Crippen MR) is 83.2 cm³/mol. The van der Waals surface area contributed by atoms with E-state index in [4.69, 9.17) is 0 Å². The van der Waals surface area contributed by atoms with Crippen LogP contribution in [0.15, 0.2) is 24.3 Å². The van der Waals surface area contributed by atoms with Gasteiger partial charge in [-0.2, -0.15) is 0 Å². The van der Waals surface area contributed by atoms with Crippen LogP contribution in [0.25, 0.3) is 0 Å². The number of hydrogen-bond donors (Lipinski definition) is 1. The van der Waals surface area contributed by atoms with E-state index in [9.17, 15) is 8.42 Å². The van der Waals surface area contributed by atoms with E-state index < -0.39 is 9.84 Å². The summed E-state index contributed by atoms with van der Waals surface area (Å²) in [4.78, 5) is 0. The highest BCUT2D eigenvalue weighted by Crippen LogP contribution is 2.30. The zero-order chi connectivity index (χ0) is 14.6. The molecule has 0 bridgehead atoms. The van der Waals surface area contributed by atoms with E-state index in [1.807, 2.05) is 18.2 Å². The fourth-order valence-electron chi connectivity index (χ4n) is 2.87. The summed E-state index contributed by atoms with van der Waals surface area (Å²) < 4.78 is 22.7. The lowest BCUT2D eigenvalue weighted by Gasteiger charge is -2.34. The van der Waals surface area contributed by atoms with E-state index in [0.29, 0.717) is 6.04 Å². The van der Waals surface area contributed by atoms with Crippen LogP contribution < -0.4 is 5.32 Å². The van der Waals surface area contributed by atoms with Gasteiger partial charge in [0.1, 0.15) is 0 Å². The van der Waals surface area contributed by atoms with E-state index in [1.165, 1.54) is 31.1 Å². The largest absolute Gasteiger partial charge is 0.310 e. The molecule has 1 unspecified atom stereocenters. The van der Waals surface area contributed by atoms with Crippen molar-refractivity contribution in [3.8, 4) is 0 Å². The van der Waals surface area contributed by atoms with Crippen molar-refractivity contribution >= 4 is 9.84 Å². The van der Waals surface area contributed by atoms with Gasteiger partial charge < -0.3 is 5.32 Å². The molecule has 1 saturated carbocycles. The Labute approximate surface area is 122 Å². The standard InChI is InChI=1S/C16H25NO2S/c1-3-16(15-8-5-9-15)17-11-13-6-4-7-14(10-13)12-20(2,18)19/h4,6-7,10,15-17H,3,5,8-9,11-12H2,1-2H3. The summed E-state index contributed by atoms with van der Waals surface area (Å²) >= 11 is 0. The van der Waals surface area contributed by atoms with Crippen molar-refractivity contribution in [2.75, 3.05) is 6.26 Å². The number of hydrogen-bond acceptors (Lipinski definition) is 3. The quantitative estimate of drug-likeness (QED) is 0.841. The van der Waals surface area contributed by atoms with Crippen LogP contribution in [-0.4, -0.2) is 20.7 Å². The lowest BCUT2D eigenvalue weighted by atomic mass is 9.79. The minimum Gasteiger partial charge on any atom is -0.310 e. The summed E-state index contributed by atoms with van der Waals surface area (Å²) in [5.41, 5.74) is 2.05. The second-order valence-electron chi connectivity index (χ2n) is 5.98. The molecule has 2 rings (SSSR count).